The van der Waals surface area contributed by atoms with Gasteiger partial charge in [0.15, 0.2) is 0 Å². The number of rotatable bonds is 7. The topological polar surface area (TPSA) is 18.5 Å². The smallest absolute Gasteiger partial charge is 0.120 e. The molecule has 3 heteroatoms. The molecule has 0 aromatic carbocycles. The molecule has 0 N–H and O–H groups in total. The Labute approximate surface area is 67.0 Å². The van der Waals surface area contributed by atoms with Crippen molar-refractivity contribution in [2.45, 2.75) is 19.4 Å². The standard InChI is InChI=1S/C8H15FO2/c1-3-5-11-8(6-9)7-10-4-2/h4,8H,2-3,5-7H2,1H3. The number of ether oxygens (including phenoxy) is 2. The van der Waals surface area contributed by atoms with E-state index in [-0.39, 0.29) is 6.61 Å². The molecule has 0 aromatic rings. The van der Waals surface area contributed by atoms with E-state index in [2.05, 4.69) is 6.58 Å². The van der Waals surface area contributed by atoms with E-state index in [9.17, 15) is 4.39 Å². The van der Waals surface area contributed by atoms with E-state index < -0.39 is 12.8 Å². The lowest BCUT2D eigenvalue weighted by atomic mass is 10.4. The van der Waals surface area contributed by atoms with Gasteiger partial charge in [0.05, 0.1) is 6.26 Å². The molecule has 2 nitrogen and oxygen atoms in total. The highest BCUT2D eigenvalue weighted by molar-refractivity contribution is 4.57. The second kappa shape index (κ2) is 7.54. The maximum atomic E-state index is 12.1. The minimum atomic E-state index is -0.506. The molecule has 0 fully saturated rings. The lowest BCUT2D eigenvalue weighted by Crippen LogP contribution is -2.21. The number of hydrogen-bond acceptors (Lipinski definition) is 2. The third-order valence-electron chi connectivity index (χ3n) is 1.13. The van der Waals surface area contributed by atoms with Crippen LogP contribution in [0.5, 0.6) is 0 Å². The molecule has 0 bridgehead atoms. The molecule has 1 atom stereocenters. The summed E-state index contributed by atoms with van der Waals surface area (Å²) in [6.07, 6.45) is 1.75. The van der Waals surface area contributed by atoms with Gasteiger partial charge in [-0.2, -0.15) is 0 Å². The first-order chi connectivity index (χ1) is 5.35. The lowest BCUT2D eigenvalue weighted by molar-refractivity contribution is -0.00467. The summed E-state index contributed by atoms with van der Waals surface area (Å²) in [5, 5.41) is 0. The fraction of sp³-hybridized carbons (Fsp3) is 0.750. The number of alkyl halides is 1. The second-order valence-corrected chi connectivity index (χ2v) is 2.15. The quantitative estimate of drug-likeness (QED) is 0.532. The lowest BCUT2D eigenvalue weighted by Gasteiger charge is -2.12. The van der Waals surface area contributed by atoms with Crippen molar-refractivity contribution < 1.29 is 13.9 Å². The predicted octanol–water partition coefficient (Wildman–Crippen LogP) is 1.91. The zero-order valence-electron chi connectivity index (χ0n) is 6.88. The molecule has 0 saturated heterocycles. The van der Waals surface area contributed by atoms with Crippen molar-refractivity contribution in [1.82, 2.24) is 0 Å². The molecule has 66 valence electrons. The summed E-state index contributed by atoms with van der Waals surface area (Å²) in [6.45, 7) is 5.65. The van der Waals surface area contributed by atoms with Crippen LogP contribution >= 0.6 is 0 Å². The Morgan fingerprint density at radius 1 is 1.64 bits per heavy atom. The Bertz CT molecular complexity index is 96.1. The van der Waals surface area contributed by atoms with Crippen LogP contribution in [-0.4, -0.2) is 26.0 Å². The number of halogens is 1. The fourth-order valence-corrected chi connectivity index (χ4v) is 0.597. The minimum absolute atomic E-state index is 0.250. The van der Waals surface area contributed by atoms with Gasteiger partial charge in [-0.1, -0.05) is 13.5 Å². The van der Waals surface area contributed by atoms with Gasteiger partial charge in [0.25, 0.3) is 0 Å². The molecule has 0 rings (SSSR count). The van der Waals surface area contributed by atoms with Crippen molar-refractivity contribution in [1.29, 1.82) is 0 Å². The van der Waals surface area contributed by atoms with Crippen molar-refractivity contribution in [3.05, 3.63) is 12.8 Å². The Hall–Kier alpha value is -0.570. The van der Waals surface area contributed by atoms with E-state index in [4.69, 9.17) is 9.47 Å². The largest absolute Gasteiger partial charge is 0.499 e. The van der Waals surface area contributed by atoms with E-state index in [1.807, 2.05) is 6.92 Å². The van der Waals surface area contributed by atoms with Crippen molar-refractivity contribution in [3.8, 4) is 0 Å². The van der Waals surface area contributed by atoms with Crippen LogP contribution in [0.25, 0.3) is 0 Å². The van der Waals surface area contributed by atoms with Crippen LogP contribution in [0.1, 0.15) is 13.3 Å². The normalized spacial score (nSPS) is 12.5. The minimum Gasteiger partial charge on any atom is -0.499 e. The first-order valence-corrected chi connectivity index (χ1v) is 3.75. The van der Waals surface area contributed by atoms with E-state index in [1.54, 1.807) is 0 Å². The highest BCUT2D eigenvalue weighted by Gasteiger charge is 2.06. The van der Waals surface area contributed by atoms with Crippen molar-refractivity contribution in [2.75, 3.05) is 19.9 Å². The third-order valence-corrected chi connectivity index (χ3v) is 1.13. The summed E-state index contributed by atoms with van der Waals surface area (Å²) in [5.74, 6) is 0. The highest BCUT2D eigenvalue weighted by atomic mass is 19.1. The monoisotopic (exact) mass is 162 g/mol. The molecular weight excluding hydrogens is 147 g/mol. The molecular formula is C8H15FO2. The predicted molar refractivity (Wildman–Crippen MR) is 42.2 cm³/mol. The molecule has 0 aliphatic carbocycles. The SMILES string of the molecule is C=COCC(CF)OCCC. The van der Waals surface area contributed by atoms with Gasteiger partial charge in [-0.25, -0.2) is 4.39 Å². The zero-order valence-corrected chi connectivity index (χ0v) is 6.88. The maximum absolute atomic E-state index is 12.1. The van der Waals surface area contributed by atoms with Crippen LogP contribution in [0.2, 0.25) is 0 Å². The average Bonchev–Trinajstić information content (AvgIpc) is 2.05. The van der Waals surface area contributed by atoms with Crippen LogP contribution < -0.4 is 0 Å². The third kappa shape index (κ3) is 5.85. The van der Waals surface area contributed by atoms with Gasteiger partial charge in [0, 0.05) is 6.61 Å². The molecule has 0 amide bonds. The Kier molecular flexibility index (Phi) is 7.15. The van der Waals surface area contributed by atoms with E-state index >= 15 is 0 Å². The van der Waals surface area contributed by atoms with Gasteiger partial charge in [-0.05, 0) is 6.42 Å². The van der Waals surface area contributed by atoms with E-state index in [0.717, 1.165) is 6.42 Å². The van der Waals surface area contributed by atoms with Crippen LogP contribution in [-0.2, 0) is 9.47 Å². The van der Waals surface area contributed by atoms with Gasteiger partial charge in [0.1, 0.15) is 19.4 Å². The van der Waals surface area contributed by atoms with Crippen molar-refractivity contribution in [2.24, 2.45) is 0 Å². The van der Waals surface area contributed by atoms with Crippen LogP contribution in [0.4, 0.5) is 4.39 Å². The first kappa shape index (κ1) is 10.4. The summed E-state index contributed by atoms with van der Waals surface area (Å²) in [4.78, 5) is 0. The number of hydrogen-bond donors (Lipinski definition) is 0. The summed E-state index contributed by atoms with van der Waals surface area (Å²) in [7, 11) is 0. The summed E-state index contributed by atoms with van der Waals surface area (Å²) < 4.78 is 21.9. The molecule has 0 radical (unpaired) electrons. The molecule has 0 aromatic heterocycles. The summed E-state index contributed by atoms with van der Waals surface area (Å²) in [5.41, 5.74) is 0. The van der Waals surface area contributed by atoms with Gasteiger partial charge in [0.2, 0.25) is 0 Å². The molecule has 0 spiro atoms. The Balaban J connectivity index is 3.32. The average molecular weight is 162 g/mol. The molecule has 0 aliphatic heterocycles. The Morgan fingerprint density at radius 3 is 2.82 bits per heavy atom. The molecule has 1 unspecified atom stereocenters. The molecule has 0 aliphatic rings. The molecule has 0 saturated carbocycles. The van der Waals surface area contributed by atoms with Gasteiger partial charge in [-0.3, -0.25) is 0 Å². The molecule has 0 heterocycles. The van der Waals surface area contributed by atoms with E-state index in [0.29, 0.717) is 6.61 Å². The fourth-order valence-electron chi connectivity index (χ4n) is 0.597. The second-order valence-electron chi connectivity index (χ2n) is 2.15. The zero-order chi connectivity index (χ0) is 8.53. The maximum Gasteiger partial charge on any atom is 0.120 e. The van der Waals surface area contributed by atoms with Gasteiger partial charge < -0.3 is 9.47 Å². The van der Waals surface area contributed by atoms with Crippen molar-refractivity contribution >= 4 is 0 Å². The van der Waals surface area contributed by atoms with Crippen LogP contribution in [0.15, 0.2) is 12.8 Å². The summed E-state index contributed by atoms with van der Waals surface area (Å²) in [6, 6.07) is 0. The van der Waals surface area contributed by atoms with Crippen LogP contribution in [0, 0.1) is 0 Å². The first-order valence-electron chi connectivity index (χ1n) is 3.75. The Morgan fingerprint density at radius 2 is 2.36 bits per heavy atom. The van der Waals surface area contributed by atoms with Crippen molar-refractivity contribution in [3.63, 3.8) is 0 Å². The van der Waals surface area contributed by atoms with E-state index in [1.165, 1.54) is 6.26 Å². The van der Waals surface area contributed by atoms with Crippen LogP contribution in [0.3, 0.4) is 0 Å². The van der Waals surface area contributed by atoms with Gasteiger partial charge >= 0.3 is 0 Å². The van der Waals surface area contributed by atoms with Gasteiger partial charge in [-0.15, -0.1) is 0 Å². The molecule has 11 heavy (non-hydrogen) atoms. The highest BCUT2D eigenvalue weighted by Crippen LogP contribution is 1.96. The summed E-state index contributed by atoms with van der Waals surface area (Å²) >= 11 is 0.